The van der Waals surface area contributed by atoms with Crippen molar-refractivity contribution in [3.63, 3.8) is 0 Å². The van der Waals surface area contributed by atoms with Crippen LogP contribution >= 0.6 is 0 Å². The predicted octanol–water partition coefficient (Wildman–Crippen LogP) is -0.935. The van der Waals surface area contributed by atoms with Crippen LogP contribution in [0.5, 0.6) is 0 Å². The second-order valence-corrected chi connectivity index (χ2v) is 5.88. The molecule has 1 atom stereocenters. The molecule has 1 aliphatic heterocycles. The summed E-state index contributed by atoms with van der Waals surface area (Å²) in [5, 5.41) is -0.933. The largest absolute Gasteiger partial charge is 0.285 e. The molecule has 0 spiro atoms. The molecule has 0 aromatic heterocycles. The van der Waals surface area contributed by atoms with Gasteiger partial charge in [0.2, 0.25) is 0 Å². The third kappa shape index (κ3) is 1.30. The molecule has 7 heteroatoms. The van der Waals surface area contributed by atoms with Crippen molar-refractivity contribution in [3.8, 4) is 0 Å². The van der Waals surface area contributed by atoms with Gasteiger partial charge in [-0.2, -0.15) is 16.8 Å². The van der Waals surface area contributed by atoms with Crippen molar-refractivity contribution in [2.45, 2.75) is 12.2 Å². The van der Waals surface area contributed by atoms with Gasteiger partial charge in [0.05, 0.1) is 5.75 Å². The Morgan fingerprint density at radius 1 is 1.30 bits per heavy atom. The zero-order valence-corrected chi connectivity index (χ0v) is 6.78. The molecule has 60 valence electrons. The van der Waals surface area contributed by atoms with E-state index in [1.165, 1.54) is 6.92 Å². The van der Waals surface area contributed by atoms with E-state index in [1.54, 1.807) is 0 Å². The number of rotatable bonds is 0. The predicted molar refractivity (Wildman–Crippen MR) is 33.3 cm³/mol. The van der Waals surface area contributed by atoms with E-state index in [4.69, 9.17) is 0 Å². The van der Waals surface area contributed by atoms with Crippen LogP contribution in [0.25, 0.3) is 0 Å². The van der Waals surface area contributed by atoms with Gasteiger partial charge in [-0.3, -0.25) is 0 Å². The fourth-order valence-corrected chi connectivity index (χ4v) is 4.27. The minimum absolute atomic E-state index is 0.435. The molecular formula is C3H6O5S2. The van der Waals surface area contributed by atoms with Crippen LogP contribution in [0.2, 0.25) is 0 Å². The topological polar surface area (TPSA) is 77.5 Å². The molecule has 0 saturated carbocycles. The van der Waals surface area contributed by atoms with Gasteiger partial charge in [-0.05, 0) is 6.92 Å². The lowest BCUT2D eigenvalue weighted by molar-refractivity contribution is 0.476. The van der Waals surface area contributed by atoms with E-state index in [0.29, 0.717) is 0 Å². The van der Waals surface area contributed by atoms with Gasteiger partial charge < -0.3 is 0 Å². The molecule has 0 aromatic carbocycles. The maximum atomic E-state index is 10.6. The van der Waals surface area contributed by atoms with E-state index in [2.05, 4.69) is 3.63 Å². The molecule has 1 heterocycles. The van der Waals surface area contributed by atoms with Crippen molar-refractivity contribution in [3.05, 3.63) is 0 Å². The summed E-state index contributed by atoms with van der Waals surface area (Å²) in [4.78, 5) is 0. The van der Waals surface area contributed by atoms with E-state index in [-0.39, 0.29) is 0 Å². The molecule has 1 saturated heterocycles. The van der Waals surface area contributed by atoms with Crippen LogP contribution in [0.3, 0.4) is 0 Å². The van der Waals surface area contributed by atoms with Gasteiger partial charge in [-0.25, -0.2) is 0 Å². The van der Waals surface area contributed by atoms with Gasteiger partial charge in [-0.1, -0.05) is 0 Å². The summed E-state index contributed by atoms with van der Waals surface area (Å²) in [5.74, 6) is -0.435. The van der Waals surface area contributed by atoms with Gasteiger partial charge >= 0.3 is 0 Å². The lowest BCUT2D eigenvalue weighted by Gasteiger charge is -1.91. The standard InChI is InChI=1S/C3H6O5S2/c1-3-2-9(4,5)8-10(3,6)7/h3H,2H2,1H3. The van der Waals surface area contributed by atoms with E-state index in [0.717, 1.165) is 0 Å². The van der Waals surface area contributed by atoms with Crippen LogP contribution in [-0.2, 0) is 23.9 Å². The molecule has 1 aliphatic rings. The van der Waals surface area contributed by atoms with Crippen LogP contribution in [0, 0.1) is 0 Å². The Morgan fingerprint density at radius 2 is 1.80 bits per heavy atom. The Bertz CT molecular complexity index is 322. The van der Waals surface area contributed by atoms with Crippen molar-refractivity contribution in [1.82, 2.24) is 0 Å². The summed E-state index contributed by atoms with van der Waals surface area (Å²) in [6, 6.07) is 0. The Hall–Kier alpha value is -0.140. The maximum Gasteiger partial charge on any atom is 0.285 e. The first-order valence-corrected chi connectivity index (χ1v) is 5.56. The Morgan fingerprint density at radius 3 is 1.90 bits per heavy atom. The minimum Gasteiger partial charge on any atom is -0.198 e. The van der Waals surface area contributed by atoms with E-state index >= 15 is 0 Å². The van der Waals surface area contributed by atoms with Crippen LogP contribution in [-0.4, -0.2) is 27.8 Å². The van der Waals surface area contributed by atoms with Crippen LogP contribution in [0.4, 0.5) is 0 Å². The fourth-order valence-electron chi connectivity index (χ4n) is 0.610. The van der Waals surface area contributed by atoms with Crippen molar-refractivity contribution in [2.75, 3.05) is 5.75 Å². The third-order valence-electron chi connectivity index (χ3n) is 1.13. The highest BCUT2D eigenvalue weighted by molar-refractivity contribution is 8.03. The second kappa shape index (κ2) is 1.93. The molecule has 0 aliphatic carbocycles. The summed E-state index contributed by atoms with van der Waals surface area (Å²) in [6.07, 6.45) is 0. The van der Waals surface area contributed by atoms with Crippen molar-refractivity contribution in [1.29, 1.82) is 0 Å². The Kier molecular flexibility index (Phi) is 1.53. The molecule has 10 heavy (non-hydrogen) atoms. The molecule has 0 N–H and O–H groups in total. The maximum absolute atomic E-state index is 10.6. The van der Waals surface area contributed by atoms with Crippen molar-refractivity contribution in [2.24, 2.45) is 0 Å². The minimum atomic E-state index is -3.82. The summed E-state index contributed by atoms with van der Waals surface area (Å²) in [5.41, 5.74) is 0. The molecule has 0 radical (unpaired) electrons. The monoisotopic (exact) mass is 186 g/mol. The molecular weight excluding hydrogens is 180 g/mol. The van der Waals surface area contributed by atoms with Crippen molar-refractivity contribution < 1.29 is 20.5 Å². The lowest BCUT2D eigenvalue weighted by Crippen LogP contribution is -2.12. The lowest BCUT2D eigenvalue weighted by atomic mass is 10.6. The number of hydrogen-bond donors (Lipinski definition) is 0. The van der Waals surface area contributed by atoms with Gasteiger partial charge in [0.15, 0.2) is 0 Å². The summed E-state index contributed by atoms with van der Waals surface area (Å²) < 4.78 is 45.9. The SMILES string of the molecule is CC1CS(=O)(=O)OS1(=O)=O. The van der Waals surface area contributed by atoms with Crippen molar-refractivity contribution >= 4 is 20.2 Å². The zero-order valence-electron chi connectivity index (χ0n) is 5.14. The van der Waals surface area contributed by atoms with Gasteiger partial charge in [0, 0.05) is 0 Å². The Labute approximate surface area is 59.2 Å². The van der Waals surface area contributed by atoms with E-state index in [9.17, 15) is 16.8 Å². The summed E-state index contributed by atoms with van der Waals surface area (Å²) in [7, 11) is -7.61. The fraction of sp³-hybridized carbons (Fsp3) is 1.00. The Balaban J connectivity index is 3.16. The van der Waals surface area contributed by atoms with Crippen LogP contribution in [0.15, 0.2) is 0 Å². The average molecular weight is 186 g/mol. The smallest absolute Gasteiger partial charge is 0.198 e. The van der Waals surface area contributed by atoms with Crippen LogP contribution < -0.4 is 0 Å². The quantitative estimate of drug-likeness (QED) is 0.488. The average Bonchev–Trinajstić information content (AvgIpc) is 1.73. The third-order valence-corrected chi connectivity index (χ3v) is 4.99. The summed E-state index contributed by atoms with van der Waals surface area (Å²) in [6.45, 7) is 1.29. The van der Waals surface area contributed by atoms with Gasteiger partial charge in [0.25, 0.3) is 20.2 Å². The molecule has 0 amide bonds. The zero-order chi connectivity index (χ0) is 7.99. The molecule has 0 aromatic rings. The van der Waals surface area contributed by atoms with E-state index < -0.39 is 31.2 Å². The molecule has 0 bridgehead atoms. The first-order valence-electron chi connectivity index (χ1n) is 2.51. The summed E-state index contributed by atoms with van der Waals surface area (Å²) >= 11 is 0. The highest BCUT2D eigenvalue weighted by Crippen LogP contribution is 2.19. The molecule has 1 rings (SSSR count). The normalized spacial score (nSPS) is 35.9. The second-order valence-electron chi connectivity index (χ2n) is 2.10. The van der Waals surface area contributed by atoms with E-state index in [1.807, 2.05) is 0 Å². The molecule has 1 unspecified atom stereocenters. The molecule has 1 fully saturated rings. The molecule has 5 nitrogen and oxygen atoms in total. The first-order chi connectivity index (χ1) is 4.33. The highest BCUT2D eigenvalue weighted by Gasteiger charge is 2.40. The highest BCUT2D eigenvalue weighted by atomic mass is 32.3. The van der Waals surface area contributed by atoms with Gasteiger partial charge in [-0.15, -0.1) is 3.63 Å². The van der Waals surface area contributed by atoms with Gasteiger partial charge in [0.1, 0.15) is 5.25 Å². The number of hydrogen-bond acceptors (Lipinski definition) is 5. The first kappa shape index (κ1) is 7.96. The van der Waals surface area contributed by atoms with Crippen LogP contribution in [0.1, 0.15) is 6.92 Å².